The number of benzene rings is 1. The van der Waals surface area contributed by atoms with Crippen LogP contribution in [0.5, 0.6) is 0 Å². The van der Waals surface area contributed by atoms with Crippen LogP contribution in [0.4, 0.5) is 5.13 Å². The molecule has 0 saturated heterocycles. The number of amides is 1. The van der Waals surface area contributed by atoms with Crippen LogP contribution in [-0.2, 0) is 7.05 Å². The van der Waals surface area contributed by atoms with Gasteiger partial charge in [0.25, 0.3) is 11.5 Å². The van der Waals surface area contributed by atoms with Crippen molar-refractivity contribution in [1.82, 2.24) is 14.8 Å². The van der Waals surface area contributed by atoms with Crippen molar-refractivity contribution < 1.29 is 4.79 Å². The lowest BCUT2D eigenvalue weighted by molar-refractivity contribution is 0.102. The summed E-state index contributed by atoms with van der Waals surface area (Å²) in [5, 5.41) is 7.78. The molecule has 0 fully saturated rings. The minimum atomic E-state index is -0.487. The molecule has 23 heavy (non-hydrogen) atoms. The van der Waals surface area contributed by atoms with Gasteiger partial charge in [-0.25, -0.2) is 9.67 Å². The van der Waals surface area contributed by atoms with Crippen LogP contribution >= 0.6 is 22.9 Å². The van der Waals surface area contributed by atoms with E-state index in [0.29, 0.717) is 21.4 Å². The Kier molecular flexibility index (Phi) is 3.91. The predicted octanol–water partition coefficient (Wildman–Crippen LogP) is 2.91. The number of halogens is 1. The number of hydrogen-bond donors (Lipinski definition) is 1. The summed E-state index contributed by atoms with van der Waals surface area (Å²) >= 11 is 7.25. The summed E-state index contributed by atoms with van der Waals surface area (Å²) in [6.45, 7) is 3.46. The maximum absolute atomic E-state index is 12.5. The number of nitrogens with one attached hydrogen (secondary N) is 1. The second kappa shape index (κ2) is 5.75. The van der Waals surface area contributed by atoms with E-state index in [-0.39, 0.29) is 5.56 Å². The lowest BCUT2D eigenvalue weighted by Gasteiger charge is -2.08. The summed E-state index contributed by atoms with van der Waals surface area (Å²) in [7, 11) is 1.52. The minimum Gasteiger partial charge on any atom is -0.298 e. The number of thiazole rings is 1. The molecule has 1 N–H and O–H groups in total. The normalized spacial score (nSPS) is 11.0. The summed E-state index contributed by atoms with van der Waals surface area (Å²) in [6, 6.07) is 5.30. The Morgan fingerprint density at radius 2 is 2.09 bits per heavy atom. The second-order valence-electron chi connectivity index (χ2n) is 5.10. The molecule has 1 amide bonds. The van der Waals surface area contributed by atoms with Gasteiger partial charge in [-0.05, 0) is 37.6 Å². The fourth-order valence-corrected chi connectivity index (χ4v) is 3.36. The molecule has 0 aliphatic carbocycles. The molecule has 2 aromatic heterocycles. The summed E-state index contributed by atoms with van der Waals surface area (Å²) in [6.07, 6.45) is 0. The van der Waals surface area contributed by atoms with Gasteiger partial charge in [-0.15, -0.1) is 0 Å². The third-order valence-corrected chi connectivity index (χ3v) is 4.69. The number of rotatable bonds is 2. The van der Waals surface area contributed by atoms with Crippen molar-refractivity contribution in [2.24, 2.45) is 7.05 Å². The van der Waals surface area contributed by atoms with Gasteiger partial charge in [-0.2, -0.15) is 5.10 Å². The molecule has 2 heterocycles. The molecule has 0 radical (unpaired) electrons. The molecule has 1 aromatic carbocycles. The lowest BCUT2D eigenvalue weighted by Crippen LogP contribution is -2.31. The molecular weight excluding hydrogens is 336 g/mol. The van der Waals surface area contributed by atoms with Crippen molar-refractivity contribution in [1.29, 1.82) is 0 Å². The highest BCUT2D eigenvalue weighted by molar-refractivity contribution is 7.22. The molecule has 3 aromatic rings. The van der Waals surface area contributed by atoms with Crippen LogP contribution in [0.1, 0.15) is 21.6 Å². The number of carbonyl (C=O) groups is 1. The third kappa shape index (κ3) is 2.85. The Labute approximate surface area is 140 Å². The first-order valence-corrected chi connectivity index (χ1v) is 7.98. The molecule has 0 aliphatic heterocycles. The number of nitrogens with zero attached hydrogens (tertiary/aromatic N) is 3. The van der Waals surface area contributed by atoms with E-state index in [2.05, 4.69) is 15.4 Å². The number of anilines is 1. The van der Waals surface area contributed by atoms with E-state index >= 15 is 0 Å². The van der Waals surface area contributed by atoms with E-state index in [1.807, 2.05) is 0 Å². The Hall–Kier alpha value is -2.25. The van der Waals surface area contributed by atoms with Gasteiger partial charge >= 0.3 is 0 Å². The topological polar surface area (TPSA) is 76.9 Å². The van der Waals surface area contributed by atoms with Crippen molar-refractivity contribution in [3.63, 3.8) is 0 Å². The highest BCUT2D eigenvalue weighted by atomic mass is 35.5. The van der Waals surface area contributed by atoms with E-state index in [0.717, 1.165) is 14.9 Å². The van der Waals surface area contributed by atoms with Gasteiger partial charge < -0.3 is 0 Å². The largest absolute Gasteiger partial charge is 0.298 e. The minimum absolute atomic E-state index is 0.0808. The van der Waals surface area contributed by atoms with Crippen LogP contribution in [0.3, 0.4) is 0 Å². The monoisotopic (exact) mass is 348 g/mol. The van der Waals surface area contributed by atoms with Gasteiger partial charge in [0.05, 0.1) is 15.9 Å². The molecule has 8 heteroatoms. The van der Waals surface area contributed by atoms with Gasteiger partial charge in [0, 0.05) is 12.1 Å². The average Bonchev–Trinajstić information content (AvgIpc) is 2.86. The van der Waals surface area contributed by atoms with E-state index < -0.39 is 11.5 Å². The maximum Gasteiger partial charge on any atom is 0.279 e. The molecule has 0 unspecified atom stereocenters. The number of hydrogen-bond acceptors (Lipinski definition) is 5. The van der Waals surface area contributed by atoms with Gasteiger partial charge in [0.1, 0.15) is 5.56 Å². The first kappa shape index (κ1) is 15.6. The van der Waals surface area contributed by atoms with Crippen molar-refractivity contribution in [3.05, 3.63) is 50.4 Å². The zero-order chi connectivity index (χ0) is 16.7. The van der Waals surface area contributed by atoms with E-state index in [4.69, 9.17) is 11.6 Å². The van der Waals surface area contributed by atoms with E-state index in [9.17, 15) is 9.59 Å². The van der Waals surface area contributed by atoms with E-state index in [1.54, 1.807) is 32.0 Å². The Morgan fingerprint density at radius 1 is 1.35 bits per heavy atom. The fraction of sp³-hybridized carbons (Fsp3) is 0.200. The van der Waals surface area contributed by atoms with Crippen molar-refractivity contribution in [3.8, 4) is 0 Å². The van der Waals surface area contributed by atoms with Gasteiger partial charge in [0.2, 0.25) is 0 Å². The predicted molar refractivity (Wildman–Crippen MR) is 91.5 cm³/mol. The van der Waals surface area contributed by atoms with Crippen molar-refractivity contribution in [2.75, 3.05) is 5.32 Å². The summed E-state index contributed by atoms with van der Waals surface area (Å²) in [5.41, 5.74) is 1.58. The fourth-order valence-electron chi connectivity index (χ4n) is 2.23. The summed E-state index contributed by atoms with van der Waals surface area (Å²) in [5.74, 6) is -0.487. The maximum atomic E-state index is 12.5. The summed E-state index contributed by atoms with van der Waals surface area (Å²) < 4.78 is 2.03. The Morgan fingerprint density at radius 3 is 2.83 bits per heavy atom. The van der Waals surface area contributed by atoms with Gasteiger partial charge in [-0.3, -0.25) is 14.9 Å². The molecule has 0 bridgehead atoms. The SMILES string of the molecule is Cc1nn(C)c(=O)c(C(=O)Nc2nc3ccc(Cl)cc3s2)c1C. The quantitative estimate of drug-likeness (QED) is 0.772. The molecular formula is C15H13ClN4O2S. The highest BCUT2D eigenvalue weighted by Gasteiger charge is 2.19. The second-order valence-corrected chi connectivity index (χ2v) is 6.57. The third-order valence-electron chi connectivity index (χ3n) is 3.52. The van der Waals surface area contributed by atoms with E-state index in [1.165, 1.54) is 18.4 Å². The van der Waals surface area contributed by atoms with Gasteiger partial charge in [-0.1, -0.05) is 22.9 Å². The van der Waals surface area contributed by atoms with Gasteiger partial charge in [0.15, 0.2) is 5.13 Å². The zero-order valence-corrected chi connectivity index (χ0v) is 14.2. The molecule has 0 atom stereocenters. The van der Waals surface area contributed by atoms with Crippen LogP contribution in [0, 0.1) is 13.8 Å². The first-order chi connectivity index (χ1) is 10.9. The Bertz CT molecular complexity index is 993. The molecule has 0 saturated carbocycles. The highest BCUT2D eigenvalue weighted by Crippen LogP contribution is 2.28. The standard InChI is InChI=1S/C15H13ClN4O2S/c1-7-8(2)19-20(3)14(22)12(7)13(21)18-15-17-10-5-4-9(16)6-11(10)23-15/h4-6H,1-3H3,(H,17,18,21). The Balaban J connectivity index is 1.99. The number of fused-ring (bicyclic) bond motifs is 1. The lowest BCUT2D eigenvalue weighted by atomic mass is 10.1. The van der Waals surface area contributed by atoms with Crippen LogP contribution in [0.25, 0.3) is 10.2 Å². The van der Waals surface area contributed by atoms with Crippen LogP contribution in [-0.4, -0.2) is 20.7 Å². The number of aryl methyl sites for hydroxylation is 2. The molecule has 0 spiro atoms. The number of carbonyl (C=O) groups excluding carboxylic acids is 1. The molecule has 3 rings (SSSR count). The van der Waals surface area contributed by atoms with Crippen LogP contribution in [0.15, 0.2) is 23.0 Å². The van der Waals surface area contributed by atoms with Crippen molar-refractivity contribution in [2.45, 2.75) is 13.8 Å². The zero-order valence-electron chi connectivity index (χ0n) is 12.7. The van der Waals surface area contributed by atoms with Crippen LogP contribution in [0.2, 0.25) is 5.02 Å². The van der Waals surface area contributed by atoms with Crippen molar-refractivity contribution >= 4 is 44.2 Å². The summed E-state index contributed by atoms with van der Waals surface area (Å²) in [4.78, 5) is 29.0. The number of aromatic nitrogens is 3. The smallest absolute Gasteiger partial charge is 0.279 e. The molecule has 6 nitrogen and oxygen atoms in total. The molecule has 118 valence electrons. The average molecular weight is 349 g/mol. The first-order valence-electron chi connectivity index (χ1n) is 6.79. The molecule has 0 aliphatic rings. The van der Waals surface area contributed by atoms with Crippen LogP contribution < -0.4 is 10.9 Å².